The Kier molecular flexibility index (Phi) is 8.36. The monoisotopic (exact) mass is 658 g/mol. The lowest BCUT2D eigenvalue weighted by atomic mass is 9.93. The SMILES string of the molecule is CCOc1c(CC(N)=O)cc([C@@](O)(CNC(=O)c2cc(OC3CC3)c3nc(C4CC4)sc3c2)C(F)(F)F)nc1-c1ccc(F)cc1. The highest BCUT2D eigenvalue weighted by atomic mass is 32.1. The fourth-order valence-electron chi connectivity index (χ4n) is 4.98. The summed E-state index contributed by atoms with van der Waals surface area (Å²) in [5.41, 5.74) is 1.34. The van der Waals surface area contributed by atoms with Gasteiger partial charge in [-0.25, -0.2) is 14.4 Å². The number of halogens is 4. The molecule has 2 saturated carbocycles. The number of carbonyl (C=O) groups is 2. The highest BCUT2D eigenvalue weighted by Crippen LogP contribution is 2.46. The lowest BCUT2D eigenvalue weighted by Gasteiger charge is -2.31. The van der Waals surface area contributed by atoms with Gasteiger partial charge in [-0.1, -0.05) is 0 Å². The summed E-state index contributed by atoms with van der Waals surface area (Å²) in [6.07, 6.45) is -2.16. The minimum absolute atomic E-state index is 0.0152. The van der Waals surface area contributed by atoms with E-state index in [1.54, 1.807) is 13.0 Å². The summed E-state index contributed by atoms with van der Waals surface area (Å²) < 4.78 is 70.2. The third-order valence-corrected chi connectivity index (χ3v) is 8.87. The summed E-state index contributed by atoms with van der Waals surface area (Å²) in [5.74, 6) is -1.67. The molecule has 242 valence electrons. The molecule has 2 amide bonds. The molecule has 14 heteroatoms. The van der Waals surface area contributed by atoms with Crippen molar-refractivity contribution in [3.8, 4) is 22.8 Å². The summed E-state index contributed by atoms with van der Waals surface area (Å²) >= 11 is 1.41. The summed E-state index contributed by atoms with van der Waals surface area (Å²) in [6, 6.07) is 8.60. The van der Waals surface area contributed by atoms with Gasteiger partial charge < -0.3 is 25.6 Å². The fraction of sp³-hybridized carbons (Fsp3) is 0.375. The van der Waals surface area contributed by atoms with Crippen molar-refractivity contribution in [1.29, 1.82) is 0 Å². The number of benzene rings is 2. The predicted molar refractivity (Wildman–Crippen MR) is 161 cm³/mol. The minimum Gasteiger partial charge on any atom is -0.491 e. The maximum Gasteiger partial charge on any atom is 0.424 e. The molecule has 0 bridgehead atoms. The molecular weight excluding hydrogens is 628 g/mol. The van der Waals surface area contributed by atoms with Crippen LogP contribution in [0.3, 0.4) is 0 Å². The number of pyridine rings is 1. The largest absolute Gasteiger partial charge is 0.491 e. The molecule has 6 rings (SSSR count). The molecule has 2 aliphatic carbocycles. The standard InChI is InChI=1S/C32H30F4N4O5S/c1-2-44-28-18(14-25(37)41)13-24(39-26(28)16-5-7-20(33)8-6-16)31(43,32(34,35)36)15-38-29(42)19-11-22(45-21-9-10-21)27-23(12-19)46-30(40-27)17-3-4-17/h5-8,11-13,17,21,43H,2-4,9-10,14-15H2,1H3,(H2,37,41)(H,38,42)/t31-/m0/s1. The number of alkyl halides is 3. The zero-order valence-corrected chi connectivity index (χ0v) is 25.4. The van der Waals surface area contributed by atoms with Crippen molar-refractivity contribution >= 4 is 33.4 Å². The van der Waals surface area contributed by atoms with Crippen molar-refractivity contribution in [3.63, 3.8) is 0 Å². The van der Waals surface area contributed by atoms with Crippen molar-refractivity contribution in [2.45, 2.75) is 62.8 Å². The van der Waals surface area contributed by atoms with Gasteiger partial charge in [-0.3, -0.25) is 9.59 Å². The smallest absolute Gasteiger partial charge is 0.424 e. The molecule has 9 nitrogen and oxygen atoms in total. The second-order valence-electron chi connectivity index (χ2n) is 11.4. The number of nitrogens with zero attached hydrogens (tertiary/aromatic N) is 2. The Labute approximate surface area is 264 Å². The Morgan fingerprint density at radius 1 is 1.09 bits per heavy atom. The molecule has 0 radical (unpaired) electrons. The fourth-order valence-corrected chi connectivity index (χ4v) is 6.17. The summed E-state index contributed by atoms with van der Waals surface area (Å²) in [5, 5.41) is 14.4. The highest BCUT2D eigenvalue weighted by Gasteiger charge is 2.57. The number of hydrogen-bond acceptors (Lipinski definition) is 8. The number of rotatable bonds is 12. The number of primary amides is 1. The number of nitrogens with two attached hydrogens (primary N) is 1. The normalized spacial score (nSPS) is 16.2. The van der Waals surface area contributed by atoms with Crippen LogP contribution in [0.25, 0.3) is 21.5 Å². The van der Waals surface area contributed by atoms with Gasteiger partial charge in [0.05, 0.1) is 41.1 Å². The number of aliphatic hydroxyl groups is 1. The van der Waals surface area contributed by atoms with E-state index in [1.165, 1.54) is 29.5 Å². The second-order valence-corrected chi connectivity index (χ2v) is 12.5. The van der Waals surface area contributed by atoms with E-state index in [1.807, 2.05) is 0 Å². The zero-order chi connectivity index (χ0) is 32.8. The molecule has 0 saturated heterocycles. The maximum atomic E-state index is 14.7. The average Bonchev–Trinajstić information content (AvgIpc) is 3.95. The van der Waals surface area contributed by atoms with Crippen LogP contribution in [0.1, 0.15) is 65.1 Å². The summed E-state index contributed by atoms with van der Waals surface area (Å²) in [4.78, 5) is 34.1. The number of ether oxygens (including phenoxy) is 2. The molecule has 1 atom stereocenters. The van der Waals surface area contributed by atoms with Gasteiger partial charge in [0.15, 0.2) is 0 Å². The lowest BCUT2D eigenvalue weighted by Crippen LogP contribution is -2.51. The van der Waals surface area contributed by atoms with Gasteiger partial charge in [-0.2, -0.15) is 13.2 Å². The van der Waals surface area contributed by atoms with Crippen molar-refractivity contribution < 1.29 is 41.7 Å². The number of hydrogen-bond donors (Lipinski definition) is 3. The van der Waals surface area contributed by atoms with Gasteiger partial charge >= 0.3 is 6.18 Å². The molecule has 0 unspecified atom stereocenters. The highest BCUT2D eigenvalue weighted by molar-refractivity contribution is 7.18. The molecule has 2 aromatic carbocycles. The van der Waals surface area contributed by atoms with E-state index in [4.69, 9.17) is 20.2 Å². The molecule has 0 spiro atoms. The van der Waals surface area contributed by atoms with Gasteiger partial charge in [-0.15, -0.1) is 11.3 Å². The Hall–Kier alpha value is -4.30. The molecule has 2 aromatic heterocycles. The molecule has 4 N–H and O–H groups in total. The molecule has 0 aliphatic heterocycles. The van der Waals surface area contributed by atoms with E-state index in [2.05, 4.69) is 10.3 Å². The van der Waals surface area contributed by atoms with Crippen LogP contribution in [-0.2, 0) is 16.8 Å². The van der Waals surface area contributed by atoms with Crippen LogP contribution in [0.15, 0.2) is 42.5 Å². The van der Waals surface area contributed by atoms with Crippen LogP contribution >= 0.6 is 11.3 Å². The predicted octanol–water partition coefficient (Wildman–Crippen LogP) is 5.52. The van der Waals surface area contributed by atoms with Crippen LogP contribution < -0.4 is 20.5 Å². The Bertz CT molecular complexity index is 1810. The van der Waals surface area contributed by atoms with E-state index in [9.17, 15) is 32.3 Å². The number of nitrogens with one attached hydrogen (secondary N) is 1. The Morgan fingerprint density at radius 3 is 2.41 bits per heavy atom. The number of thiazole rings is 1. The van der Waals surface area contributed by atoms with Crippen molar-refractivity contribution in [2.24, 2.45) is 5.73 Å². The first kappa shape index (κ1) is 31.7. The lowest BCUT2D eigenvalue weighted by molar-refractivity contribution is -0.265. The number of fused-ring (bicyclic) bond motifs is 1. The van der Waals surface area contributed by atoms with E-state index < -0.39 is 48.1 Å². The van der Waals surface area contributed by atoms with Crippen LogP contribution in [0.5, 0.6) is 11.5 Å². The molecule has 2 aliphatic rings. The van der Waals surface area contributed by atoms with Gasteiger partial charge in [-0.05, 0) is 75.1 Å². The number of carbonyl (C=O) groups excluding carboxylic acids is 2. The topological polar surface area (TPSA) is 137 Å². The maximum absolute atomic E-state index is 14.7. The number of aromatic nitrogens is 2. The van der Waals surface area contributed by atoms with Crippen molar-refractivity contribution in [2.75, 3.05) is 13.2 Å². The first-order valence-corrected chi connectivity index (χ1v) is 15.6. The minimum atomic E-state index is -5.34. The summed E-state index contributed by atoms with van der Waals surface area (Å²) in [7, 11) is 0. The summed E-state index contributed by atoms with van der Waals surface area (Å²) in [6.45, 7) is 0.358. The van der Waals surface area contributed by atoms with E-state index in [0.29, 0.717) is 21.9 Å². The van der Waals surface area contributed by atoms with Crippen LogP contribution in [0.4, 0.5) is 17.6 Å². The van der Waals surface area contributed by atoms with Crippen LogP contribution in [0.2, 0.25) is 0 Å². The molecule has 4 aromatic rings. The molecule has 2 heterocycles. The Balaban J connectivity index is 1.37. The molecule has 46 heavy (non-hydrogen) atoms. The Morgan fingerprint density at radius 2 is 1.80 bits per heavy atom. The van der Waals surface area contributed by atoms with E-state index >= 15 is 0 Å². The van der Waals surface area contributed by atoms with Crippen LogP contribution in [-0.4, -0.2) is 52.3 Å². The third-order valence-electron chi connectivity index (χ3n) is 7.70. The first-order valence-electron chi connectivity index (χ1n) is 14.8. The van der Waals surface area contributed by atoms with Gasteiger partial charge in [0.25, 0.3) is 5.91 Å². The molecule has 2 fully saturated rings. The zero-order valence-electron chi connectivity index (χ0n) is 24.6. The van der Waals surface area contributed by atoms with Gasteiger partial charge in [0.1, 0.15) is 28.5 Å². The molecular formula is C32H30F4N4O5S. The second kappa shape index (κ2) is 12.1. The van der Waals surface area contributed by atoms with Crippen molar-refractivity contribution in [3.05, 3.63) is 70.1 Å². The van der Waals surface area contributed by atoms with Gasteiger partial charge in [0.2, 0.25) is 11.5 Å². The first-order chi connectivity index (χ1) is 21.9. The van der Waals surface area contributed by atoms with E-state index in [0.717, 1.165) is 48.9 Å². The van der Waals surface area contributed by atoms with Crippen molar-refractivity contribution in [1.82, 2.24) is 15.3 Å². The average molecular weight is 659 g/mol. The third kappa shape index (κ3) is 6.49. The van der Waals surface area contributed by atoms with Crippen LogP contribution in [0, 0.1) is 5.82 Å². The quantitative estimate of drug-likeness (QED) is 0.171. The number of amides is 2. The van der Waals surface area contributed by atoms with Gasteiger partial charge in [0, 0.05) is 22.6 Å². The van der Waals surface area contributed by atoms with E-state index in [-0.39, 0.29) is 40.8 Å².